The first-order valence-corrected chi connectivity index (χ1v) is 14.9. The Morgan fingerprint density at radius 2 is 1.09 bits per heavy atom. The largest absolute Gasteiger partial charge is 0.456 e. The van der Waals surface area contributed by atoms with E-state index in [9.17, 15) is 5.26 Å². The van der Waals surface area contributed by atoms with Crippen molar-refractivity contribution in [3.63, 3.8) is 0 Å². The van der Waals surface area contributed by atoms with Crippen LogP contribution in [0.2, 0.25) is 0 Å². The first-order valence-electron chi connectivity index (χ1n) is 14.9. The summed E-state index contributed by atoms with van der Waals surface area (Å²) in [5.74, 6) is 1.59. The van der Waals surface area contributed by atoms with Gasteiger partial charge in [-0.1, -0.05) is 103 Å². The Morgan fingerprint density at radius 3 is 1.85 bits per heavy atom. The minimum atomic E-state index is 0.482. The Balaban J connectivity index is 1.27. The number of hydrogen-bond acceptors (Lipinski definition) is 6. The van der Waals surface area contributed by atoms with Crippen LogP contribution in [0.15, 0.2) is 142 Å². The monoisotopic (exact) mass is 590 g/mol. The van der Waals surface area contributed by atoms with Crippen LogP contribution in [0.5, 0.6) is 0 Å². The summed E-state index contributed by atoms with van der Waals surface area (Å²) in [6.07, 6.45) is 0. The Morgan fingerprint density at radius 1 is 0.457 bits per heavy atom. The van der Waals surface area contributed by atoms with Crippen molar-refractivity contribution in [3.8, 4) is 51.4 Å². The summed E-state index contributed by atoms with van der Waals surface area (Å²) in [6.45, 7) is 0. The molecule has 0 aliphatic heterocycles. The third-order valence-corrected chi connectivity index (χ3v) is 8.39. The van der Waals surface area contributed by atoms with E-state index in [-0.39, 0.29) is 0 Å². The van der Waals surface area contributed by atoms with Gasteiger partial charge in [-0.2, -0.15) is 5.26 Å². The van der Waals surface area contributed by atoms with Crippen molar-refractivity contribution in [2.75, 3.05) is 0 Å². The number of aromatic nitrogens is 3. The highest BCUT2D eigenvalue weighted by Crippen LogP contribution is 2.40. The minimum absolute atomic E-state index is 0.482. The second-order valence-corrected chi connectivity index (χ2v) is 11.1. The molecule has 0 amide bonds. The molecule has 46 heavy (non-hydrogen) atoms. The third kappa shape index (κ3) is 4.07. The lowest BCUT2D eigenvalue weighted by molar-refractivity contribution is 0.667. The quantitative estimate of drug-likeness (QED) is 0.203. The molecule has 9 rings (SSSR count). The molecule has 0 bridgehead atoms. The topological polar surface area (TPSA) is 88.7 Å². The Hall–Kier alpha value is -6.58. The molecule has 214 valence electrons. The highest BCUT2D eigenvalue weighted by atomic mass is 16.3. The van der Waals surface area contributed by atoms with E-state index < -0.39 is 0 Å². The van der Waals surface area contributed by atoms with Crippen LogP contribution in [0.3, 0.4) is 0 Å². The van der Waals surface area contributed by atoms with Crippen molar-refractivity contribution in [2.24, 2.45) is 0 Å². The van der Waals surface area contributed by atoms with E-state index in [0.29, 0.717) is 34.2 Å². The molecule has 0 fully saturated rings. The number of nitrogens with zero attached hydrogens (tertiary/aromatic N) is 4. The summed E-state index contributed by atoms with van der Waals surface area (Å²) in [4.78, 5) is 15.0. The SMILES string of the molecule is N#Cc1cccc2c1oc1cccc(-c3nc(-c4ccccc4)nc(-c4ccc5c(c4)oc4cccc(-c6ccccc6)c45)n3)c12. The molecule has 3 aromatic heterocycles. The van der Waals surface area contributed by atoms with Gasteiger partial charge in [0.2, 0.25) is 0 Å². The zero-order valence-electron chi connectivity index (χ0n) is 24.3. The highest BCUT2D eigenvalue weighted by molar-refractivity contribution is 6.14. The number of para-hydroxylation sites is 1. The summed E-state index contributed by atoms with van der Waals surface area (Å²) in [7, 11) is 0. The van der Waals surface area contributed by atoms with Gasteiger partial charge in [0.15, 0.2) is 23.1 Å². The van der Waals surface area contributed by atoms with Gasteiger partial charge in [0.1, 0.15) is 22.8 Å². The molecular formula is C40H22N4O2. The molecule has 0 unspecified atom stereocenters. The molecule has 0 radical (unpaired) electrons. The highest BCUT2D eigenvalue weighted by Gasteiger charge is 2.20. The van der Waals surface area contributed by atoms with E-state index in [4.69, 9.17) is 23.8 Å². The average molecular weight is 591 g/mol. The fourth-order valence-electron chi connectivity index (χ4n) is 6.29. The van der Waals surface area contributed by atoms with Gasteiger partial charge in [0, 0.05) is 38.2 Å². The van der Waals surface area contributed by atoms with Gasteiger partial charge in [-0.15, -0.1) is 0 Å². The Kier molecular flexibility index (Phi) is 5.77. The first-order chi connectivity index (χ1) is 22.7. The van der Waals surface area contributed by atoms with Gasteiger partial charge in [0.25, 0.3) is 0 Å². The molecular weight excluding hydrogens is 568 g/mol. The van der Waals surface area contributed by atoms with Crippen LogP contribution in [0.4, 0.5) is 0 Å². The molecule has 6 heteroatoms. The van der Waals surface area contributed by atoms with E-state index in [1.165, 1.54) is 0 Å². The first kappa shape index (κ1) is 25.9. The molecule has 3 heterocycles. The van der Waals surface area contributed by atoms with Crippen LogP contribution in [0.1, 0.15) is 5.56 Å². The van der Waals surface area contributed by atoms with Gasteiger partial charge in [-0.3, -0.25) is 0 Å². The maximum Gasteiger partial charge on any atom is 0.164 e. The lowest BCUT2D eigenvalue weighted by Gasteiger charge is -2.09. The number of furan rings is 2. The minimum Gasteiger partial charge on any atom is -0.456 e. The maximum absolute atomic E-state index is 9.72. The molecule has 0 saturated heterocycles. The van der Waals surface area contributed by atoms with Crippen molar-refractivity contribution in [3.05, 3.63) is 139 Å². The summed E-state index contributed by atoms with van der Waals surface area (Å²) < 4.78 is 12.6. The third-order valence-electron chi connectivity index (χ3n) is 8.39. The summed E-state index contributed by atoms with van der Waals surface area (Å²) in [6, 6.07) is 46.2. The zero-order valence-corrected chi connectivity index (χ0v) is 24.3. The van der Waals surface area contributed by atoms with Gasteiger partial charge >= 0.3 is 0 Å². The fourth-order valence-corrected chi connectivity index (χ4v) is 6.29. The van der Waals surface area contributed by atoms with Crippen molar-refractivity contribution in [1.29, 1.82) is 5.26 Å². The Labute approximate surface area is 262 Å². The molecule has 0 aliphatic carbocycles. The number of nitriles is 1. The van der Waals surface area contributed by atoms with Crippen LogP contribution in [-0.4, -0.2) is 15.0 Å². The predicted molar refractivity (Wildman–Crippen MR) is 181 cm³/mol. The lowest BCUT2D eigenvalue weighted by atomic mass is 9.99. The van der Waals surface area contributed by atoms with Crippen LogP contribution < -0.4 is 0 Å². The van der Waals surface area contributed by atoms with Gasteiger partial charge < -0.3 is 8.83 Å². The van der Waals surface area contributed by atoms with Crippen molar-refractivity contribution in [1.82, 2.24) is 15.0 Å². The van der Waals surface area contributed by atoms with Crippen LogP contribution in [-0.2, 0) is 0 Å². The second kappa shape index (κ2) is 10.3. The molecule has 0 N–H and O–H groups in total. The van der Waals surface area contributed by atoms with Crippen molar-refractivity contribution < 1.29 is 8.83 Å². The molecule has 9 aromatic rings. The fraction of sp³-hybridized carbons (Fsp3) is 0. The number of fused-ring (bicyclic) bond motifs is 6. The van der Waals surface area contributed by atoms with Gasteiger partial charge in [0.05, 0.1) is 5.56 Å². The second-order valence-electron chi connectivity index (χ2n) is 11.1. The van der Waals surface area contributed by atoms with Gasteiger partial charge in [-0.25, -0.2) is 15.0 Å². The molecule has 0 atom stereocenters. The van der Waals surface area contributed by atoms with Gasteiger partial charge in [-0.05, 0) is 41.5 Å². The molecule has 6 aromatic carbocycles. The van der Waals surface area contributed by atoms with E-state index in [2.05, 4.69) is 30.3 Å². The lowest BCUT2D eigenvalue weighted by Crippen LogP contribution is -2.00. The molecule has 0 aliphatic rings. The Bertz CT molecular complexity index is 2650. The number of hydrogen-bond donors (Lipinski definition) is 0. The van der Waals surface area contributed by atoms with E-state index >= 15 is 0 Å². The normalized spacial score (nSPS) is 11.5. The standard InChI is InChI=1S/C40H22N4O2/c41-23-27-14-7-16-30-36-31(17-9-19-33(36)46-37(27)30)40-43-38(25-12-5-2-6-13-25)42-39(44-40)26-20-21-29-34(22-26)45-32-18-8-15-28(35(29)32)24-10-3-1-4-11-24/h1-22H. The summed E-state index contributed by atoms with van der Waals surface area (Å²) in [5, 5.41) is 13.5. The molecule has 0 saturated carbocycles. The van der Waals surface area contributed by atoms with Crippen LogP contribution in [0.25, 0.3) is 89.2 Å². The van der Waals surface area contributed by atoms with E-state index in [0.717, 1.165) is 60.5 Å². The zero-order chi connectivity index (χ0) is 30.6. The van der Waals surface area contributed by atoms with Crippen molar-refractivity contribution in [2.45, 2.75) is 0 Å². The summed E-state index contributed by atoms with van der Waals surface area (Å²) in [5.41, 5.74) is 8.02. The number of rotatable bonds is 4. The predicted octanol–water partition coefficient (Wildman–Crippen LogP) is 10.2. The van der Waals surface area contributed by atoms with Crippen LogP contribution in [0, 0.1) is 11.3 Å². The molecule has 0 spiro atoms. The van der Waals surface area contributed by atoms with E-state index in [1.807, 2.05) is 103 Å². The van der Waals surface area contributed by atoms with Crippen LogP contribution >= 0.6 is 0 Å². The average Bonchev–Trinajstić information content (AvgIpc) is 3.70. The summed E-state index contributed by atoms with van der Waals surface area (Å²) >= 11 is 0. The molecule has 6 nitrogen and oxygen atoms in total. The van der Waals surface area contributed by atoms with E-state index in [1.54, 1.807) is 6.07 Å². The number of benzene rings is 6. The maximum atomic E-state index is 9.72. The smallest absolute Gasteiger partial charge is 0.164 e. The van der Waals surface area contributed by atoms with Crippen molar-refractivity contribution >= 4 is 43.9 Å².